The van der Waals surface area contributed by atoms with E-state index in [4.69, 9.17) is 9.47 Å². The van der Waals surface area contributed by atoms with Crippen LogP contribution in [0.3, 0.4) is 0 Å². The molecular weight excluding hydrogens is 298 g/mol. The molecule has 1 aliphatic carbocycles. The van der Waals surface area contributed by atoms with Crippen LogP contribution in [0.5, 0.6) is 0 Å². The monoisotopic (exact) mass is 339 g/mol. The van der Waals surface area contributed by atoms with Crippen LogP contribution in [0.15, 0.2) is 0 Å². The highest BCUT2D eigenvalue weighted by Crippen LogP contribution is 2.30. The van der Waals surface area contributed by atoms with Crippen LogP contribution in [0.4, 0.5) is 0 Å². The van der Waals surface area contributed by atoms with E-state index in [9.17, 15) is 0 Å². The fourth-order valence-corrected chi connectivity index (χ4v) is 4.36. The Labute approximate surface area is 150 Å². The lowest BCUT2D eigenvalue weighted by Crippen LogP contribution is -2.38. The number of hydrogen-bond donors (Lipinski definition) is 0. The maximum Gasteiger partial charge on any atom is 0.0603 e. The predicted molar refractivity (Wildman–Crippen MR) is 102 cm³/mol. The van der Waals surface area contributed by atoms with E-state index in [0.717, 1.165) is 5.92 Å². The molecule has 2 fully saturated rings. The van der Waals surface area contributed by atoms with Gasteiger partial charge >= 0.3 is 0 Å². The van der Waals surface area contributed by atoms with Gasteiger partial charge in [-0.25, -0.2) is 0 Å². The summed E-state index contributed by atoms with van der Waals surface area (Å²) in [5.74, 6) is 0.960. The average Bonchev–Trinajstić information content (AvgIpc) is 2.53. The number of nitrogens with zero attached hydrogens (tertiary/aromatic N) is 1. The lowest BCUT2D eigenvalue weighted by atomic mass is 9.84. The van der Waals surface area contributed by atoms with Gasteiger partial charge in [0, 0.05) is 13.1 Å². The van der Waals surface area contributed by atoms with Gasteiger partial charge in [0.2, 0.25) is 0 Å². The maximum absolute atomic E-state index is 5.96. The first-order valence-corrected chi connectivity index (χ1v) is 10.6. The Morgan fingerprint density at radius 3 is 1.83 bits per heavy atom. The Balaban J connectivity index is 1.48. The molecule has 1 saturated heterocycles. The van der Waals surface area contributed by atoms with Gasteiger partial charge in [0.1, 0.15) is 0 Å². The molecule has 0 aromatic carbocycles. The molecule has 1 aliphatic heterocycles. The number of piperidine rings is 1. The molecule has 0 aromatic heterocycles. The maximum atomic E-state index is 5.96. The molecule has 0 unspecified atom stereocenters. The molecule has 142 valence electrons. The SMILES string of the molecule is CC(C)OC1CCC(CCCCN2CCC(OC(C)C)CC2)CC1. The summed E-state index contributed by atoms with van der Waals surface area (Å²) in [6.45, 7) is 12.4. The van der Waals surface area contributed by atoms with Crippen molar-refractivity contribution in [3.63, 3.8) is 0 Å². The van der Waals surface area contributed by atoms with Gasteiger partial charge in [-0.15, -0.1) is 0 Å². The Bertz CT molecular complexity index is 284. The average molecular weight is 340 g/mol. The minimum Gasteiger partial charge on any atom is -0.376 e. The van der Waals surface area contributed by atoms with Crippen molar-refractivity contribution in [2.75, 3.05) is 19.6 Å². The highest BCUT2D eigenvalue weighted by atomic mass is 16.5. The molecule has 0 N–H and O–H groups in total. The van der Waals surface area contributed by atoms with Crippen LogP contribution in [-0.4, -0.2) is 49.0 Å². The van der Waals surface area contributed by atoms with Crippen LogP contribution in [0, 0.1) is 5.92 Å². The van der Waals surface area contributed by atoms with Crippen LogP contribution in [0.1, 0.15) is 85.5 Å². The normalized spacial score (nSPS) is 27.2. The molecule has 0 aromatic rings. The first kappa shape index (κ1) is 20.2. The Kier molecular flexibility index (Phi) is 9.07. The van der Waals surface area contributed by atoms with Crippen LogP contribution < -0.4 is 0 Å². The molecular formula is C21H41NO2. The molecule has 2 aliphatic rings. The van der Waals surface area contributed by atoms with E-state index < -0.39 is 0 Å². The minimum atomic E-state index is 0.377. The van der Waals surface area contributed by atoms with E-state index >= 15 is 0 Å². The lowest BCUT2D eigenvalue weighted by molar-refractivity contribution is -0.0272. The van der Waals surface area contributed by atoms with Gasteiger partial charge < -0.3 is 14.4 Å². The molecule has 0 bridgehead atoms. The van der Waals surface area contributed by atoms with Crippen molar-refractivity contribution in [1.82, 2.24) is 4.90 Å². The highest BCUT2D eigenvalue weighted by molar-refractivity contribution is 4.75. The van der Waals surface area contributed by atoms with Crippen molar-refractivity contribution in [3.05, 3.63) is 0 Å². The van der Waals surface area contributed by atoms with Crippen LogP contribution >= 0.6 is 0 Å². The quantitative estimate of drug-likeness (QED) is 0.550. The van der Waals surface area contributed by atoms with Crippen LogP contribution in [0.25, 0.3) is 0 Å². The second-order valence-electron chi connectivity index (χ2n) is 8.55. The molecule has 24 heavy (non-hydrogen) atoms. The largest absolute Gasteiger partial charge is 0.376 e. The molecule has 3 nitrogen and oxygen atoms in total. The summed E-state index contributed by atoms with van der Waals surface area (Å²) in [5, 5.41) is 0. The topological polar surface area (TPSA) is 21.7 Å². The first-order chi connectivity index (χ1) is 11.5. The predicted octanol–water partition coefficient (Wildman–Crippen LogP) is 5.03. The zero-order valence-electron chi connectivity index (χ0n) is 16.6. The van der Waals surface area contributed by atoms with Gasteiger partial charge in [-0.05, 0) is 85.1 Å². The third-order valence-electron chi connectivity index (χ3n) is 5.59. The van der Waals surface area contributed by atoms with Crippen molar-refractivity contribution >= 4 is 0 Å². The standard InChI is InChI=1S/C21H41NO2/c1-17(2)23-20-10-8-19(9-11-20)7-5-6-14-22-15-12-21(13-16-22)24-18(3)4/h17-21H,5-16H2,1-4H3. The van der Waals surface area contributed by atoms with Gasteiger partial charge in [-0.1, -0.05) is 12.8 Å². The molecule has 0 radical (unpaired) electrons. The number of hydrogen-bond acceptors (Lipinski definition) is 3. The molecule has 0 spiro atoms. The summed E-state index contributed by atoms with van der Waals surface area (Å²) in [7, 11) is 0. The molecule has 0 atom stereocenters. The first-order valence-electron chi connectivity index (χ1n) is 10.6. The van der Waals surface area contributed by atoms with Crippen molar-refractivity contribution in [1.29, 1.82) is 0 Å². The molecule has 1 saturated carbocycles. The highest BCUT2D eigenvalue weighted by Gasteiger charge is 2.23. The second-order valence-corrected chi connectivity index (χ2v) is 8.55. The fraction of sp³-hybridized carbons (Fsp3) is 1.00. The summed E-state index contributed by atoms with van der Waals surface area (Å²) in [5.41, 5.74) is 0. The van der Waals surface area contributed by atoms with Crippen LogP contribution in [0.2, 0.25) is 0 Å². The summed E-state index contributed by atoms with van der Waals surface area (Å²) in [4.78, 5) is 2.65. The summed E-state index contributed by atoms with van der Waals surface area (Å²) >= 11 is 0. The number of rotatable bonds is 9. The fourth-order valence-electron chi connectivity index (χ4n) is 4.36. The minimum absolute atomic E-state index is 0.377. The van der Waals surface area contributed by atoms with Crippen molar-refractivity contribution < 1.29 is 9.47 Å². The summed E-state index contributed by atoms with van der Waals surface area (Å²) in [6.07, 6.45) is 13.8. The lowest BCUT2D eigenvalue weighted by Gasteiger charge is -2.33. The molecule has 3 heteroatoms. The van der Waals surface area contributed by atoms with Gasteiger partial charge in [-0.3, -0.25) is 0 Å². The summed E-state index contributed by atoms with van der Waals surface area (Å²) in [6, 6.07) is 0. The van der Waals surface area contributed by atoms with Gasteiger partial charge in [0.25, 0.3) is 0 Å². The molecule has 1 heterocycles. The van der Waals surface area contributed by atoms with Gasteiger partial charge in [0.05, 0.1) is 24.4 Å². The smallest absolute Gasteiger partial charge is 0.0603 e. The molecule has 0 amide bonds. The van der Waals surface area contributed by atoms with Crippen molar-refractivity contribution in [2.24, 2.45) is 5.92 Å². The Hall–Kier alpha value is -0.120. The van der Waals surface area contributed by atoms with Gasteiger partial charge in [0.15, 0.2) is 0 Å². The van der Waals surface area contributed by atoms with E-state index in [1.54, 1.807) is 0 Å². The van der Waals surface area contributed by atoms with E-state index in [1.807, 2.05) is 0 Å². The van der Waals surface area contributed by atoms with Gasteiger partial charge in [-0.2, -0.15) is 0 Å². The van der Waals surface area contributed by atoms with Crippen LogP contribution in [-0.2, 0) is 9.47 Å². The Morgan fingerprint density at radius 2 is 1.29 bits per heavy atom. The zero-order valence-corrected chi connectivity index (χ0v) is 16.6. The summed E-state index contributed by atoms with van der Waals surface area (Å²) < 4.78 is 11.9. The number of ether oxygens (including phenoxy) is 2. The zero-order chi connectivity index (χ0) is 17.4. The van der Waals surface area contributed by atoms with Crippen molar-refractivity contribution in [3.8, 4) is 0 Å². The van der Waals surface area contributed by atoms with E-state index in [1.165, 1.54) is 77.4 Å². The van der Waals surface area contributed by atoms with E-state index in [0.29, 0.717) is 24.4 Å². The van der Waals surface area contributed by atoms with Crippen molar-refractivity contribution in [2.45, 2.75) is 110 Å². The Morgan fingerprint density at radius 1 is 0.750 bits per heavy atom. The second kappa shape index (κ2) is 10.8. The number of unbranched alkanes of at least 4 members (excludes halogenated alkanes) is 1. The van der Waals surface area contributed by atoms with E-state index in [2.05, 4.69) is 32.6 Å². The third kappa shape index (κ3) is 7.84. The number of likely N-dealkylation sites (tertiary alicyclic amines) is 1. The molecule has 2 rings (SSSR count). The van der Waals surface area contributed by atoms with E-state index in [-0.39, 0.29) is 0 Å². The third-order valence-corrected chi connectivity index (χ3v) is 5.59.